The first-order chi connectivity index (χ1) is 8.59. The highest BCUT2D eigenvalue weighted by molar-refractivity contribution is 9.10. The molecule has 0 aliphatic carbocycles. The molecule has 2 rings (SSSR count). The molecule has 2 aromatic rings. The maximum absolute atomic E-state index is 6.13. The van der Waals surface area contributed by atoms with E-state index in [0.29, 0.717) is 0 Å². The molecule has 0 radical (unpaired) electrons. The average molecular weight is 390 g/mol. The molecule has 0 fully saturated rings. The predicted molar refractivity (Wildman–Crippen MR) is 83.5 cm³/mol. The van der Waals surface area contributed by atoms with Crippen molar-refractivity contribution in [1.82, 2.24) is 4.98 Å². The Morgan fingerprint density at radius 2 is 2.11 bits per heavy atom. The molecule has 18 heavy (non-hydrogen) atoms. The number of benzene rings is 1. The first kappa shape index (κ1) is 14.0. The fraction of sp³-hybridized carbons (Fsp3) is 0.214. The zero-order chi connectivity index (χ0) is 13.1. The van der Waals surface area contributed by atoms with Gasteiger partial charge in [-0.3, -0.25) is 4.98 Å². The van der Waals surface area contributed by atoms with Gasteiger partial charge in [-0.25, -0.2) is 0 Å². The zero-order valence-corrected chi connectivity index (χ0v) is 13.8. The van der Waals surface area contributed by atoms with E-state index in [1.165, 1.54) is 11.1 Å². The molecule has 0 aliphatic rings. The number of hydrogen-bond donors (Lipinski definition) is 0. The second kappa shape index (κ2) is 6.18. The molecule has 0 aliphatic heterocycles. The van der Waals surface area contributed by atoms with Crippen LogP contribution in [0.25, 0.3) is 0 Å². The van der Waals surface area contributed by atoms with Gasteiger partial charge in [0.15, 0.2) is 0 Å². The minimum Gasteiger partial charge on any atom is -0.263 e. The normalized spacial score (nSPS) is 12.4. The van der Waals surface area contributed by atoms with Crippen molar-refractivity contribution >= 4 is 43.5 Å². The fourth-order valence-electron chi connectivity index (χ4n) is 1.84. The highest BCUT2D eigenvalue weighted by Gasteiger charge is 2.14. The van der Waals surface area contributed by atoms with E-state index in [4.69, 9.17) is 11.6 Å². The highest BCUT2D eigenvalue weighted by atomic mass is 79.9. The number of alkyl halides is 1. The van der Waals surface area contributed by atoms with Crippen LogP contribution >= 0.6 is 43.5 Å². The molecule has 0 N–H and O–H groups in total. The summed E-state index contributed by atoms with van der Waals surface area (Å²) in [5, 5.41) is 0.717. The minimum absolute atomic E-state index is 0.245. The van der Waals surface area contributed by atoms with Crippen molar-refractivity contribution in [2.45, 2.75) is 18.2 Å². The van der Waals surface area contributed by atoms with Crippen LogP contribution < -0.4 is 0 Å². The third kappa shape index (κ3) is 3.14. The standard InChI is InChI=1S/C14H12Br2ClN/c1-9-11(3-2-4-12(9)15)13(16)7-10-5-6-18-8-14(10)17/h2-6,8,13H,7H2,1H3. The van der Waals surface area contributed by atoms with E-state index >= 15 is 0 Å². The first-order valence-corrected chi connectivity index (χ1v) is 7.65. The molecule has 1 heterocycles. The van der Waals surface area contributed by atoms with Gasteiger partial charge in [-0.2, -0.15) is 0 Å². The van der Waals surface area contributed by atoms with Gasteiger partial charge in [-0.05, 0) is 42.2 Å². The van der Waals surface area contributed by atoms with Gasteiger partial charge in [0.2, 0.25) is 0 Å². The van der Waals surface area contributed by atoms with Crippen LogP contribution in [0.2, 0.25) is 5.02 Å². The quantitative estimate of drug-likeness (QED) is 0.633. The molecule has 1 atom stereocenters. The number of nitrogens with zero attached hydrogens (tertiary/aromatic N) is 1. The summed E-state index contributed by atoms with van der Waals surface area (Å²) in [6.45, 7) is 2.11. The van der Waals surface area contributed by atoms with Crippen molar-refractivity contribution in [3.63, 3.8) is 0 Å². The highest BCUT2D eigenvalue weighted by Crippen LogP contribution is 2.33. The lowest BCUT2D eigenvalue weighted by atomic mass is 10.0. The van der Waals surface area contributed by atoms with Crippen LogP contribution in [0.4, 0.5) is 0 Å². The number of pyridine rings is 1. The van der Waals surface area contributed by atoms with Crippen LogP contribution in [0.5, 0.6) is 0 Å². The van der Waals surface area contributed by atoms with E-state index in [0.717, 1.165) is 21.5 Å². The van der Waals surface area contributed by atoms with E-state index in [-0.39, 0.29) is 4.83 Å². The monoisotopic (exact) mass is 387 g/mol. The number of halogens is 3. The average Bonchev–Trinajstić information content (AvgIpc) is 2.35. The zero-order valence-electron chi connectivity index (χ0n) is 9.83. The van der Waals surface area contributed by atoms with Gasteiger partial charge in [0.25, 0.3) is 0 Å². The molecule has 94 valence electrons. The summed E-state index contributed by atoms with van der Waals surface area (Å²) >= 11 is 13.4. The SMILES string of the molecule is Cc1c(Br)cccc1C(Br)Cc1ccncc1Cl. The van der Waals surface area contributed by atoms with Crippen LogP contribution in [0.3, 0.4) is 0 Å². The van der Waals surface area contributed by atoms with E-state index < -0.39 is 0 Å². The molecule has 0 saturated heterocycles. The number of hydrogen-bond acceptors (Lipinski definition) is 1. The van der Waals surface area contributed by atoms with Gasteiger partial charge >= 0.3 is 0 Å². The van der Waals surface area contributed by atoms with Gasteiger partial charge in [-0.15, -0.1) is 0 Å². The Labute approximate surface area is 129 Å². The number of rotatable bonds is 3. The Bertz CT molecular complexity index is 557. The molecule has 0 spiro atoms. The summed E-state index contributed by atoms with van der Waals surface area (Å²) in [4.78, 5) is 4.25. The van der Waals surface area contributed by atoms with Crippen LogP contribution in [0, 0.1) is 6.92 Å². The van der Waals surface area contributed by atoms with E-state index in [1.807, 2.05) is 6.07 Å². The van der Waals surface area contributed by atoms with Crippen LogP contribution in [-0.4, -0.2) is 4.98 Å². The summed E-state index contributed by atoms with van der Waals surface area (Å²) in [6, 6.07) is 8.20. The molecular formula is C14H12Br2ClN. The molecular weight excluding hydrogens is 377 g/mol. The summed E-state index contributed by atoms with van der Waals surface area (Å²) in [6.07, 6.45) is 4.30. The van der Waals surface area contributed by atoms with Crippen LogP contribution in [0.1, 0.15) is 21.5 Å². The molecule has 1 nitrogen and oxygen atoms in total. The Hall–Kier alpha value is -0.380. The predicted octanol–water partition coefficient (Wildman–Crippen LogP) is 5.48. The minimum atomic E-state index is 0.245. The lowest BCUT2D eigenvalue weighted by Crippen LogP contribution is -1.99. The summed E-state index contributed by atoms with van der Waals surface area (Å²) in [5.74, 6) is 0. The van der Waals surface area contributed by atoms with Crippen molar-refractivity contribution in [2.75, 3.05) is 0 Å². The second-order valence-corrected chi connectivity index (χ2v) is 6.46. The maximum Gasteiger partial charge on any atom is 0.0621 e. The third-order valence-corrected chi connectivity index (χ3v) is 4.92. The first-order valence-electron chi connectivity index (χ1n) is 5.57. The Morgan fingerprint density at radius 1 is 1.33 bits per heavy atom. The second-order valence-electron chi connectivity index (χ2n) is 4.09. The van der Waals surface area contributed by atoms with Gasteiger partial charge in [0.1, 0.15) is 0 Å². The van der Waals surface area contributed by atoms with E-state index in [2.05, 4.69) is 62.0 Å². The Balaban J connectivity index is 2.25. The van der Waals surface area contributed by atoms with Crippen LogP contribution in [-0.2, 0) is 6.42 Å². The molecule has 4 heteroatoms. The van der Waals surface area contributed by atoms with Gasteiger partial charge < -0.3 is 0 Å². The van der Waals surface area contributed by atoms with Gasteiger partial charge in [-0.1, -0.05) is 55.6 Å². The lowest BCUT2D eigenvalue weighted by molar-refractivity contribution is 0.933. The van der Waals surface area contributed by atoms with Crippen molar-refractivity contribution in [3.05, 3.63) is 62.8 Å². The molecule has 0 amide bonds. The number of aromatic nitrogens is 1. The van der Waals surface area contributed by atoms with Crippen molar-refractivity contribution in [3.8, 4) is 0 Å². The third-order valence-electron chi connectivity index (χ3n) is 2.90. The fourth-order valence-corrected chi connectivity index (χ4v) is 3.26. The largest absolute Gasteiger partial charge is 0.263 e. The molecule has 0 saturated carbocycles. The molecule has 1 unspecified atom stereocenters. The molecule has 1 aromatic heterocycles. The van der Waals surface area contributed by atoms with E-state index in [9.17, 15) is 0 Å². The summed E-state index contributed by atoms with van der Waals surface area (Å²) in [5.41, 5.74) is 3.63. The van der Waals surface area contributed by atoms with Crippen molar-refractivity contribution < 1.29 is 0 Å². The van der Waals surface area contributed by atoms with Crippen molar-refractivity contribution in [1.29, 1.82) is 0 Å². The lowest BCUT2D eigenvalue weighted by Gasteiger charge is -2.15. The Kier molecular flexibility index (Phi) is 4.82. The molecule has 1 aromatic carbocycles. The smallest absolute Gasteiger partial charge is 0.0621 e. The summed E-state index contributed by atoms with van der Waals surface area (Å²) < 4.78 is 1.13. The van der Waals surface area contributed by atoms with Gasteiger partial charge in [0, 0.05) is 21.7 Å². The maximum atomic E-state index is 6.13. The Morgan fingerprint density at radius 3 is 2.83 bits per heavy atom. The van der Waals surface area contributed by atoms with Crippen LogP contribution in [0.15, 0.2) is 41.1 Å². The summed E-state index contributed by atoms with van der Waals surface area (Å²) in [7, 11) is 0. The topological polar surface area (TPSA) is 12.9 Å². The van der Waals surface area contributed by atoms with Gasteiger partial charge in [0.05, 0.1) is 5.02 Å². The molecule has 0 bridgehead atoms. The van der Waals surface area contributed by atoms with Crippen molar-refractivity contribution in [2.24, 2.45) is 0 Å². The van der Waals surface area contributed by atoms with E-state index in [1.54, 1.807) is 12.4 Å².